The van der Waals surface area contributed by atoms with Gasteiger partial charge in [0.2, 0.25) is 0 Å². The molecule has 0 saturated carbocycles. The summed E-state index contributed by atoms with van der Waals surface area (Å²) < 4.78 is 15.4. The monoisotopic (exact) mass is 288 g/mol. The van der Waals surface area contributed by atoms with Crippen molar-refractivity contribution in [1.82, 2.24) is 0 Å². The number of benzene rings is 1. The number of allylic oxidation sites excluding steroid dienone is 2. The quantitative estimate of drug-likeness (QED) is 0.483. The molecule has 1 aromatic carbocycles. The Labute approximate surface area is 122 Å². The fourth-order valence-electron chi connectivity index (χ4n) is 3.17. The van der Waals surface area contributed by atoms with Gasteiger partial charge in [-0.2, -0.15) is 0 Å². The fraction of sp³-hybridized carbons (Fsp3) is 0.375. The molecule has 110 valence electrons. The highest BCUT2D eigenvalue weighted by Crippen LogP contribution is 2.48. The first-order valence-electron chi connectivity index (χ1n) is 6.77. The van der Waals surface area contributed by atoms with Gasteiger partial charge in [-0.1, -0.05) is 18.2 Å². The highest BCUT2D eigenvalue weighted by atomic mass is 16.6. The summed E-state index contributed by atoms with van der Waals surface area (Å²) in [5, 5.41) is 0. The molecule has 0 amide bonds. The van der Waals surface area contributed by atoms with Gasteiger partial charge >= 0.3 is 11.9 Å². The Morgan fingerprint density at radius 2 is 1.90 bits per heavy atom. The number of hydrogen-bond acceptors (Lipinski definition) is 5. The highest BCUT2D eigenvalue weighted by molar-refractivity contribution is 6.03. The molecule has 5 heteroatoms. The van der Waals surface area contributed by atoms with Crippen molar-refractivity contribution in [3.05, 3.63) is 35.9 Å². The number of esters is 2. The van der Waals surface area contributed by atoms with Gasteiger partial charge in [-0.05, 0) is 30.5 Å². The van der Waals surface area contributed by atoms with Crippen molar-refractivity contribution in [2.45, 2.75) is 18.3 Å². The zero-order valence-electron chi connectivity index (χ0n) is 11.9. The molecule has 0 spiro atoms. The third kappa shape index (κ3) is 1.84. The van der Waals surface area contributed by atoms with E-state index in [1.54, 1.807) is 25.3 Å². The number of cyclic esters (lactones) is 2. The summed E-state index contributed by atoms with van der Waals surface area (Å²) in [5.41, 5.74) is -0.212. The maximum absolute atomic E-state index is 12.3. The van der Waals surface area contributed by atoms with Gasteiger partial charge in [0.05, 0.1) is 20.1 Å². The maximum Gasteiger partial charge on any atom is 0.325 e. The van der Waals surface area contributed by atoms with E-state index in [-0.39, 0.29) is 0 Å². The van der Waals surface area contributed by atoms with Crippen molar-refractivity contribution in [1.29, 1.82) is 0 Å². The van der Waals surface area contributed by atoms with Crippen LogP contribution in [0.15, 0.2) is 30.4 Å². The first-order chi connectivity index (χ1) is 10.1. The molecule has 1 aliphatic carbocycles. The zero-order chi connectivity index (χ0) is 15.0. The van der Waals surface area contributed by atoms with Crippen LogP contribution in [0.25, 0.3) is 0 Å². The van der Waals surface area contributed by atoms with Crippen LogP contribution in [0.1, 0.15) is 18.4 Å². The molecule has 0 aromatic heterocycles. The van der Waals surface area contributed by atoms with Gasteiger partial charge in [-0.25, -0.2) is 0 Å². The first-order valence-corrected chi connectivity index (χ1v) is 6.77. The predicted octanol–water partition coefficient (Wildman–Crippen LogP) is 1.99. The Bertz CT molecular complexity index is 634. The van der Waals surface area contributed by atoms with E-state index in [0.29, 0.717) is 24.3 Å². The minimum Gasteiger partial charge on any atom is -0.493 e. The molecule has 1 heterocycles. The van der Waals surface area contributed by atoms with E-state index in [0.717, 1.165) is 5.56 Å². The third-order valence-electron chi connectivity index (χ3n) is 4.31. The lowest BCUT2D eigenvalue weighted by molar-refractivity contribution is -0.154. The van der Waals surface area contributed by atoms with Gasteiger partial charge in [0, 0.05) is 0 Å². The Kier molecular flexibility index (Phi) is 3.20. The summed E-state index contributed by atoms with van der Waals surface area (Å²) in [6, 6.07) is 5.30. The van der Waals surface area contributed by atoms with Crippen LogP contribution in [-0.4, -0.2) is 26.2 Å². The lowest BCUT2D eigenvalue weighted by Crippen LogP contribution is -2.39. The van der Waals surface area contributed by atoms with Gasteiger partial charge < -0.3 is 14.2 Å². The molecule has 21 heavy (non-hydrogen) atoms. The molecule has 0 unspecified atom stereocenters. The van der Waals surface area contributed by atoms with Crippen LogP contribution in [0.4, 0.5) is 0 Å². The molecular formula is C16H16O5. The SMILES string of the molecule is COc1ccc([C@]23CC=CC[C@H]2C(=O)OC3=O)cc1OC. The number of fused-ring (bicyclic) bond motifs is 1. The summed E-state index contributed by atoms with van der Waals surface area (Å²) >= 11 is 0. The van der Waals surface area contributed by atoms with Gasteiger partial charge in [0.1, 0.15) is 5.41 Å². The van der Waals surface area contributed by atoms with Crippen molar-refractivity contribution in [3.8, 4) is 11.5 Å². The molecule has 2 atom stereocenters. The second-order valence-corrected chi connectivity index (χ2v) is 5.21. The number of methoxy groups -OCH3 is 2. The van der Waals surface area contributed by atoms with Crippen LogP contribution in [0, 0.1) is 5.92 Å². The zero-order valence-corrected chi connectivity index (χ0v) is 11.9. The van der Waals surface area contributed by atoms with Crippen LogP contribution >= 0.6 is 0 Å². The normalized spacial score (nSPS) is 27.2. The summed E-state index contributed by atoms with van der Waals surface area (Å²) in [5.74, 6) is -0.274. The number of carbonyl (C=O) groups is 2. The molecule has 0 bridgehead atoms. The number of hydrogen-bond donors (Lipinski definition) is 0. The van der Waals surface area contributed by atoms with Gasteiger partial charge in [0.25, 0.3) is 0 Å². The molecule has 5 nitrogen and oxygen atoms in total. The van der Waals surface area contributed by atoms with Gasteiger partial charge in [-0.15, -0.1) is 0 Å². The molecule has 1 aliphatic heterocycles. The molecule has 2 aliphatic rings. The summed E-state index contributed by atoms with van der Waals surface area (Å²) in [7, 11) is 3.09. The Balaban J connectivity index is 2.14. The topological polar surface area (TPSA) is 61.8 Å². The van der Waals surface area contributed by atoms with Crippen LogP contribution < -0.4 is 9.47 Å². The molecular weight excluding hydrogens is 272 g/mol. The van der Waals surface area contributed by atoms with Crippen molar-refractivity contribution in [3.63, 3.8) is 0 Å². The number of carbonyl (C=O) groups excluding carboxylic acids is 2. The maximum atomic E-state index is 12.3. The summed E-state index contributed by atoms with van der Waals surface area (Å²) in [4.78, 5) is 24.3. The van der Waals surface area contributed by atoms with Crippen LogP contribution in [-0.2, 0) is 19.7 Å². The Morgan fingerprint density at radius 1 is 1.14 bits per heavy atom. The van der Waals surface area contributed by atoms with Crippen LogP contribution in [0.5, 0.6) is 11.5 Å². The van der Waals surface area contributed by atoms with Gasteiger partial charge in [0.15, 0.2) is 11.5 Å². The molecule has 1 fully saturated rings. The fourth-order valence-corrected chi connectivity index (χ4v) is 3.17. The average Bonchev–Trinajstić information content (AvgIpc) is 2.79. The lowest BCUT2D eigenvalue weighted by Gasteiger charge is -2.31. The largest absolute Gasteiger partial charge is 0.493 e. The smallest absolute Gasteiger partial charge is 0.325 e. The second kappa shape index (κ2) is 4.91. The molecule has 1 saturated heterocycles. The minimum absolute atomic E-state index is 0.445. The standard InChI is InChI=1S/C16H16O5/c1-19-12-7-6-10(9-13(12)20-2)16-8-4-3-5-11(16)14(17)21-15(16)18/h3-4,6-7,9,11H,5,8H2,1-2H3/t11-,16+/m0/s1. The summed E-state index contributed by atoms with van der Waals surface area (Å²) in [6.07, 6.45) is 4.81. The van der Waals surface area contributed by atoms with Crippen molar-refractivity contribution in [2.24, 2.45) is 5.92 Å². The molecule has 3 rings (SSSR count). The third-order valence-corrected chi connectivity index (χ3v) is 4.31. The number of rotatable bonds is 3. The van der Waals surface area contributed by atoms with E-state index in [1.165, 1.54) is 7.11 Å². The number of ether oxygens (including phenoxy) is 3. The van der Waals surface area contributed by atoms with Crippen LogP contribution in [0.3, 0.4) is 0 Å². The van der Waals surface area contributed by atoms with Crippen molar-refractivity contribution < 1.29 is 23.8 Å². The van der Waals surface area contributed by atoms with E-state index >= 15 is 0 Å². The summed E-state index contributed by atoms with van der Waals surface area (Å²) in [6.45, 7) is 0. The predicted molar refractivity (Wildman–Crippen MR) is 74.2 cm³/mol. The van der Waals surface area contributed by atoms with Crippen molar-refractivity contribution in [2.75, 3.05) is 14.2 Å². The van der Waals surface area contributed by atoms with Crippen molar-refractivity contribution >= 4 is 11.9 Å². The molecule has 1 aromatic rings. The highest BCUT2D eigenvalue weighted by Gasteiger charge is 2.58. The molecule has 0 N–H and O–H groups in total. The molecule has 0 radical (unpaired) electrons. The average molecular weight is 288 g/mol. The first kappa shape index (κ1) is 13.7. The van der Waals surface area contributed by atoms with E-state index in [9.17, 15) is 9.59 Å². The van der Waals surface area contributed by atoms with E-state index < -0.39 is 23.3 Å². The Morgan fingerprint density at radius 3 is 2.62 bits per heavy atom. The van der Waals surface area contributed by atoms with E-state index in [2.05, 4.69) is 0 Å². The van der Waals surface area contributed by atoms with Gasteiger partial charge in [-0.3, -0.25) is 9.59 Å². The van der Waals surface area contributed by atoms with E-state index in [4.69, 9.17) is 14.2 Å². The Hall–Kier alpha value is -2.30. The van der Waals surface area contributed by atoms with Crippen LogP contribution in [0.2, 0.25) is 0 Å². The lowest BCUT2D eigenvalue weighted by atomic mass is 9.66. The second-order valence-electron chi connectivity index (χ2n) is 5.21. The minimum atomic E-state index is -0.939. The van der Waals surface area contributed by atoms with E-state index in [1.807, 2.05) is 12.2 Å².